The van der Waals surface area contributed by atoms with E-state index in [2.05, 4.69) is 24.5 Å². The summed E-state index contributed by atoms with van der Waals surface area (Å²) in [5, 5.41) is 13.3. The SMILES string of the molecule is CCC1CCC(NC(=O)C(=O)NCC#N)C1C. The summed E-state index contributed by atoms with van der Waals surface area (Å²) in [5.74, 6) is -0.317. The highest BCUT2D eigenvalue weighted by molar-refractivity contribution is 6.35. The minimum atomic E-state index is -0.723. The van der Waals surface area contributed by atoms with Gasteiger partial charge in [0, 0.05) is 6.04 Å². The van der Waals surface area contributed by atoms with E-state index in [0.29, 0.717) is 11.8 Å². The Labute approximate surface area is 102 Å². The number of carbonyl (C=O) groups excluding carboxylic acids is 2. The van der Waals surface area contributed by atoms with Crippen molar-refractivity contribution in [1.29, 1.82) is 5.26 Å². The first-order valence-electron chi connectivity index (χ1n) is 6.05. The quantitative estimate of drug-likeness (QED) is 0.556. The maximum Gasteiger partial charge on any atom is 0.310 e. The molecule has 5 heteroatoms. The van der Waals surface area contributed by atoms with Gasteiger partial charge in [0.25, 0.3) is 0 Å². The van der Waals surface area contributed by atoms with Crippen LogP contribution in [0.2, 0.25) is 0 Å². The number of nitrogens with zero attached hydrogens (tertiary/aromatic N) is 1. The van der Waals surface area contributed by atoms with Crippen molar-refractivity contribution in [2.75, 3.05) is 6.54 Å². The zero-order valence-corrected chi connectivity index (χ0v) is 10.3. The van der Waals surface area contributed by atoms with Gasteiger partial charge in [-0.1, -0.05) is 20.3 Å². The van der Waals surface area contributed by atoms with Crippen LogP contribution in [0.5, 0.6) is 0 Å². The molecule has 3 unspecified atom stereocenters. The zero-order valence-electron chi connectivity index (χ0n) is 10.3. The minimum absolute atomic E-state index is 0.0836. The van der Waals surface area contributed by atoms with E-state index in [9.17, 15) is 9.59 Å². The highest BCUT2D eigenvalue weighted by Gasteiger charge is 2.33. The molecule has 0 aromatic carbocycles. The van der Waals surface area contributed by atoms with Gasteiger partial charge in [-0.25, -0.2) is 0 Å². The molecular weight excluding hydrogens is 218 g/mol. The van der Waals surface area contributed by atoms with Crippen molar-refractivity contribution in [2.24, 2.45) is 11.8 Å². The summed E-state index contributed by atoms with van der Waals surface area (Å²) < 4.78 is 0. The molecule has 0 aliphatic heterocycles. The average Bonchev–Trinajstić information content (AvgIpc) is 2.67. The Bertz CT molecular complexity index is 335. The smallest absolute Gasteiger partial charge is 0.310 e. The number of hydrogen-bond acceptors (Lipinski definition) is 3. The monoisotopic (exact) mass is 237 g/mol. The maximum atomic E-state index is 11.5. The number of nitrogens with one attached hydrogen (secondary N) is 2. The molecule has 0 saturated heterocycles. The molecule has 1 aliphatic rings. The number of nitriles is 1. The van der Waals surface area contributed by atoms with E-state index < -0.39 is 11.8 Å². The summed E-state index contributed by atoms with van der Waals surface area (Å²) >= 11 is 0. The lowest BCUT2D eigenvalue weighted by molar-refractivity contribution is -0.139. The summed E-state index contributed by atoms with van der Waals surface area (Å²) in [7, 11) is 0. The maximum absolute atomic E-state index is 11.5. The summed E-state index contributed by atoms with van der Waals surface area (Å²) in [5.41, 5.74) is 0. The van der Waals surface area contributed by atoms with Crippen LogP contribution in [0.15, 0.2) is 0 Å². The molecule has 0 radical (unpaired) electrons. The van der Waals surface area contributed by atoms with Gasteiger partial charge < -0.3 is 10.6 Å². The highest BCUT2D eigenvalue weighted by atomic mass is 16.2. The lowest BCUT2D eigenvalue weighted by atomic mass is 9.93. The van der Waals surface area contributed by atoms with Gasteiger partial charge in [0.2, 0.25) is 0 Å². The van der Waals surface area contributed by atoms with E-state index in [1.807, 2.05) is 0 Å². The highest BCUT2D eigenvalue weighted by Crippen LogP contribution is 2.33. The van der Waals surface area contributed by atoms with Crippen LogP contribution in [0.1, 0.15) is 33.1 Å². The van der Waals surface area contributed by atoms with Gasteiger partial charge in [0.1, 0.15) is 6.54 Å². The molecule has 0 aromatic heterocycles. The zero-order chi connectivity index (χ0) is 12.8. The van der Waals surface area contributed by atoms with Gasteiger partial charge in [-0.15, -0.1) is 0 Å². The van der Waals surface area contributed by atoms with E-state index >= 15 is 0 Å². The summed E-state index contributed by atoms with van der Waals surface area (Å²) in [6.07, 6.45) is 3.13. The van der Waals surface area contributed by atoms with Crippen molar-refractivity contribution in [3.63, 3.8) is 0 Å². The molecule has 0 bridgehead atoms. The Balaban J connectivity index is 2.42. The Hall–Kier alpha value is -1.57. The van der Waals surface area contributed by atoms with Crippen LogP contribution in [0.25, 0.3) is 0 Å². The number of rotatable bonds is 3. The van der Waals surface area contributed by atoms with E-state index in [4.69, 9.17) is 5.26 Å². The largest absolute Gasteiger partial charge is 0.345 e. The van der Waals surface area contributed by atoms with Crippen molar-refractivity contribution >= 4 is 11.8 Å². The number of amides is 2. The average molecular weight is 237 g/mol. The third-order valence-corrected chi connectivity index (χ3v) is 3.60. The normalized spacial score (nSPS) is 27.2. The first kappa shape index (κ1) is 13.5. The first-order valence-corrected chi connectivity index (χ1v) is 6.05. The molecule has 1 rings (SSSR count). The van der Waals surface area contributed by atoms with E-state index in [-0.39, 0.29) is 12.6 Å². The van der Waals surface area contributed by atoms with E-state index in [0.717, 1.165) is 19.3 Å². The fourth-order valence-corrected chi connectivity index (χ4v) is 2.46. The van der Waals surface area contributed by atoms with Gasteiger partial charge in [0.15, 0.2) is 0 Å². The van der Waals surface area contributed by atoms with E-state index in [1.165, 1.54) is 0 Å². The van der Waals surface area contributed by atoms with Crippen LogP contribution in [-0.2, 0) is 9.59 Å². The van der Waals surface area contributed by atoms with Crippen molar-refractivity contribution < 1.29 is 9.59 Å². The second-order valence-corrected chi connectivity index (χ2v) is 4.53. The minimum Gasteiger partial charge on any atom is -0.345 e. The molecule has 94 valence electrons. The van der Waals surface area contributed by atoms with Crippen molar-refractivity contribution in [3.05, 3.63) is 0 Å². The van der Waals surface area contributed by atoms with Gasteiger partial charge in [-0.05, 0) is 24.7 Å². The number of carbonyl (C=O) groups is 2. The molecule has 0 spiro atoms. The molecule has 2 N–H and O–H groups in total. The molecule has 1 fully saturated rings. The van der Waals surface area contributed by atoms with Gasteiger partial charge in [-0.3, -0.25) is 9.59 Å². The lowest BCUT2D eigenvalue weighted by Crippen LogP contribution is -2.46. The summed E-state index contributed by atoms with van der Waals surface area (Å²) in [4.78, 5) is 22.8. The fourth-order valence-electron chi connectivity index (χ4n) is 2.46. The van der Waals surface area contributed by atoms with Gasteiger partial charge >= 0.3 is 11.8 Å². The van der Waals surface area contributed by atoms with E-state index in [1.54, 1.807) is 6.07 Å². The van der Waals surface area contributed by atoms with Crippen molar-refractivity contribution in [3.8, 4) is 6.07 Å². The van der Waals surface area contributed by atoms with Crippen LogP contribution < -0.4 is 10.6 Å². The van der Waals surface area contributed by atoms with Crippen LogP contribution in [0.4, 0.5) is 0 Å². The van der Waals surface area contributed by atoms with Crippen LogP contribution in [0.3, 0.4) is 0 Å². The molecule has 3 atom stereocenters. The third-order valence-electron chi connectivity index (χ3n) is 3.60. The standard InChI is InChI=1S/C12H19N3O2/c1-3-9-4-5-10(8(9)2)15-12(17)11(16)14-7-6-13/h8-10H,3-5,7H2,1-2H3,(H,14,16)(H,15,17). The molecule has 17 heavy (non-hydrogen) atoms. The van der Waals surface area contributed by atoms with Crippen LogP contribution in [0, 0.1) is 23.2 Å². The second-order valence-electron chi connectivity index (χ2n) is 4.53. The molecule has 5 nitrogen and oxygen atoms in total. The fraction of sp³-hybridized carbons (Fsp3) is 0.750. The van der Waals surface area contributed by atoms with Crippen molar-refractivity contribution in [2.45, 2.75) is 39.2 Å². The van der Waals surface area contributed by atoms with Gasteiger partial charge in [-0.2, -0.15) is 5.26 Å². The summed E-state index contributed by atoms with van der Waals surface area (Å²) in [6.45, 7) is 4.12. The number of hydrogen-bond donors (Lipinski definition) is 2. The molecule has 0 heterocycles. The van der Waals surface area contributed by atoms with Crippen LogP contribution >= 0.6 is 0 Å². The second kappa shape index (κ2) is 6.24. The molecular formula is C12H19N3O2. The lowest BCUT2D eigenvalue weighted by Gasteiger charge is -2.20. The predicted molar refractivity (Wildman–Crippen MR) is 62.7 cm³/mol. The summed E-state index contributed by atoms with van der Waals surface area (Å²) in [6, 6.07) is 1.84. The molecule has 1 saturated carbocycles. The predicted octanol–water partition coefficient (Wildman–Crippen LogP) is 0.567. The van der Waals surface area contributed by atoms with Gasteiger partial charge in [0.05, 0.1) is 6.07 Å². The molecule has 1 aliphatic carbocycles. The van der Waals surface area contributed by atoms with Crippen LogP contribution in [-0.4, -0.2) is 24.4 Å². The Morgan fingerprint density at radius 2 is 2.06 bits per heavy atom. The Kier molecular flexibility index (Phi) is 4.95. The Morgan fingerprint density at radius 1 is 1.35 bits per heavy atom. The molecule has 2 amide bonds. The molecule has 0 aromatic rings. The Morgan fingerprint density at radius 3 is 2.59 bits per heavy atom. The first-order chi connectivity index (χ1) is 8.10. The topological polar surface area (TPSA) is 82.0 Å². The third kappa shape index (κ3) is 3.45. The van der Waals surface area contributed by atoms with Crippen molar-refractivity contribution in [1.82, 2.24) is 10.6 Å².